The predicted octanol–water partition coefficient (Wildman–Crippen LogP) is 4.85. The van der Waals surface area contributed by atoms with Crippen molar-refractivity contribution in [1.82, 2.24) is 5.32 Å². The zero-order chi connectivity index (χ0) is 25.0. The summed E-state index contributed by atoms with van der Waals surface area (Å²) in [7, 11) is 0. The van der Waals surface area contributed by atoms with E-state index in [0.717, 1.165) is 11.3 Å². The molecule has 0 saturated carbocycles. The van der Waals surface area contributed by atoms with Crippen LogP contribution in [0.3, 0.4) is 0 Å². The van der Waals surface area contributed by atoms with Crippen molar-refractivity contribution in [1.29, 1.82) is 5.41 Å². The van der Waals surface area contributed by atoms with Crippen LogP contribution >= 0.6 is 0 Å². The van der Waals surface area contributed by atoms with Crippen LogP contribution in [-0.4, -0.2) is 24.2 Å². The summed E-state index contributed by atoms with van der Waals surface area (Å²) in [5.41, 5.74) is 3.63. The molecule has 3 N–H and O–H groups in total. The number of para-hydroxylation sites is 2. The monoisotopic (exact) mass is 471 g/mol. The fraction of sp³-hybridized carbons (Fsp3) is 0.179. The van der Waals surface area contributed by atoms with Crippen LogP contribution in [0.1, 0.15) is 25.0 Å². The van der Waals surface area contributed by atoms with E-state index in [0.29, 0.717) is 29.3 Å². The molecule has 3 aromatic rings. The van der Waals surface area contributed by atoms with Crippen molar-refractivity contribution < 1.29 is 19.1 Å². The molecule has 1 amide bonds. The minimum Gasteiger partial charge on any atom is -0.489 e. The van der Waals surface area contributed by atoms with E-state index >= 15 is 0 Å². The zero-order valence-corrected chi connectivity index (χ0v) is 19.8. The Morgan fingerprint density at radius 2 is 1.49 bits per heavy atom. The Bertz CT molecular complexity index is 1190. The molecule has 0 aromatic heterocycles. The average molecular weight is 472 g/mol. The third kappa shape index (κ3) is 8.16. The normalized spacial score (nSPS) is 11.1. The fourth-order valence-corrected chi connectivity index (χ4v) is 3.32. The number of benzene rings is 3. The number of hydrogen-bond donors (Lipinski definition) is 3. The van der Waals surface area contributed by atoms with Crippen LogP contribution in [0.25, 0.3) is 0 Å². The van der Waals surface area contributed by atoms with Crippen LogP contribution < -0.4 is 15.4 Å². The molecule has 0 radical (unpaired) electrons. The van der Waals surface area contributed by atoms with E-state index in [2.05, 4.69) is 10.6 Å². The van der Waals surface area contributed by atoms with Crippen LogP contribution in [-0.2, 0) is 27.4 Å². The van der Waals surface area contributed by atoms with E-state index in [1.165, 1.54) is 0 Å². The summed E-state index contributed by atoms with van der Waals surface area (Å²) < 4.78 is 11.1. The maximum Gasteiger partial charge on any atom is 0.310 e. The molecule has 7 heteroatoms. The van der Waals surface area contributed by atoms with Crippen molar-refractivity contribution in [3.8, 4) is 5.75 Å². The lowest BCUT2D eigenvalue weighted by Crippen LogP contribution is -2.32. The summed E-state index contributed by atoms with van der Waals surface area (Å²) >= 11 is 0. The van der Waals surface area contributed by atoms with Crippen LogP contribution in [0.5, 0.6) is 5.75 Å². The van der Waals surface area contributed by atoms with Crippen molar-refractivity contribution in [3.05, 3.63) is 107 Å². The van der Waals surface area contributed by atoms with E-state index in [4.69, 9.17) is 14.9 Å². The molecule has 0 atom stereocenters. The average Bonchev–Trinajstić information content (AvgIpc) is 2.86. The van der Waals surface area contributed by atoms with Gasteiger partial charge in [0.15, 0.2) is 6.61 Å². The Morgan fingerprint density at radius 3 is 2.17 bits per heavy atom. The van der Waals surface area contributed by atoms with Crippen molar-refractivity contribution in [2.24, 2.45) is 0 Å². The molecule has 0 unspecified atom stereocenters. The minimum absolute atomic E-state index is 0.0286. The van der Waals surface area contributed by atoms with Gasteiger partial charge in [-0.3, -0.25) is 9.59 Å². The third-order valence-corrected chi connectivity index (χ3v) is 5.03. The first-order valence-electron chi connectivity index (χ1n) is 11.2. The van der Waals surface area contributed by atoms with Crippen LogP contribution in [0.2, 0.25) is 0 Å². The van der Waals surface area contributed by atoms with E-state index in [9.17, 15) is 9.59 Å². The lowest BCUT2D eigenvalue weighted by atomic mass is 10.1. The number of anilines is 1. The number of rotatable bonds is 11. The van der Waals surface area contributed by atoms with E-state index in [-0.39, 0.29) is 12.1 Å². The summed E-state index contributed by atoms with van der Waals surface area (Å²) in [6.07, 6.45) is -0.0286. The summed E-state index contributed by atoms with van der Waals surface area (Å²) in [5, 5.41) is 13.8. The van der Waals surface area contributed by atoms with Crippen molar-refractivity contribution >= 4 is 23.3 Å². The highest BCUT2D eigenvalue weighted by Crippen LogP contribution is 2.20. The Kier molecular flexibility index (Phi) is 9.19. The number of ether oxygens (including phenoxy) is 2. The largest absolute Gasteiger partial charge is 0.489 e. The Balaban J connectivity index is 1.54. The number of hydrogen-bond acceptors (Lipinski definition) is 6. The number of nitrogens with one attached hydrogen (secondary N) is 3. The molecular formula is C28H29N3O4. The van der Waals surface area contributed by atoms with Crippen molar-refractivity contribution in [2.45, 2.75) is 26.9 Å². The number of allylic oxidation sites excluding steroid dienone is 2. The van der Waals surface area contributed by atoms with E-state index in [1.807, 2.05) is 72.8 Å². The first-order valence-corrected chi connectivity index (χ1v) is 11.2. The number of esters is 1. The van der Waals surface area contributed by atoms with E-state index < -0.39 is 18.5 Å². The SMILES string of the molecule is CC(=N)/C(NC(=O)COC(=O)Cc1ccccc1OCc1ccccc1)=C(/C)Nc1ccccc1. The van der Waals surface area contributed by atoms with Crippen molar-refractivity contribution in [2.75, 3.05) is 11.9 Å². The molecule has 0 fully saturated rings. The maximum absolute atomic E-state index is 12.4. The molecule has 7 nitrogen and oxygen atoms in total. The molecule has 0 bridgehead atoms. The summed E-state index contributed by atoms with van der Waals surface area (Å²) in [6.45, 7) is 3.26. The van der Waals surface area contributed by atoms with Gasteiger partial charge in [-0.25, -0.2) is 0 Å². The second-order valence-electron chi connectivity index (χ2n) is 7.88. The summed E-state index contributed by atoms with van der Waals surface area (Å²) in [6, 6.07) is 26.4. The molecule has 3 aromatic carbocycles. The standard InChI is InChI=1S/C28H29N3O4/c1-20(29)28(21(2)30-24-14-7-4-8-15-24)31-26(32)19-35-27(33)17-23-13-9-10-16-25(23)34-18-22-11-5-3-6-12-22/h3-16,29-30H,17-19H2,1-2H3,(H,31,32)/b28-21+,29-20?. The predicted molar refractivity (Wildman–Crippen MR) is 136 cm³/mol. The Hall–Kier alpha value is -4.39. The van der Waals surface area contributed by atoms with Gasteiger partial charge >= 0.3 is 5.97 Å². The molecule has 0 saturated heterocycles. The molecule has 0 aliphatic carbocycles. The number of carbonyl (C=O) groups excluding carboxylic acids is 2. The van der Waals surface area contributed by atoms with Gasteiger partial charge in [-0.05, 0) is 37.6 Å². The molecule has 180 valence electrons. The molecule has 0 aliphatic rings. The minimum atomic E-state index is -0.549. The number of carbonyl (C=O) groups is 2. The second-order valence-corrected chi connectivity index (χ2v) is 7.88. The quantitative estimate of drug-likeness (QED) is 0.274. The van der Waals surface area contributed by atoms with Gasteiger partial charge in [0.25, 0.3) is 5.91 Å². The fourth-order valence-electron chi connectivity index (χ4n) is 3.32. The van der Waals surface area contributed by atoms with Crippen LogP contribution in [0, 0.1) is 5.41 Å². The molecule has 0 spiro atoms. The molecule has 3 rings (SSSR count). The highest BCUT2D eigenvalue weighted by molar-refractivity contribution is 6.00. The second kappa shape index (κ2) is 12.7. The highest BCUT2D eigenvalue weighted by Gasteiger charge is 2.15. The first-order chi connectivity index (χ1) is 16.9. The molecule has 0 aliphatic heterocycles. The van der Waals surface area contributed by atoms with Gasteiger partial charge in [0.1, 0.15) is 12.4 Å². The third-order valence-electron chi connectivity index (χ3n) is 5.03. The number of amides is 1. The Morgan fingerprint density at radius 1 is 0.857 bits per heavy atom. The van der Waals surface area contributed by atoms with Gasteiger partial charge in [-0.15, -0.1) is 0 Å². The van der Waals surface area contributed by atoms with Gasteiger partial charge in [0.2, 0.25) is 0 Å². The lowest BCUT2D eigenvalue weighted by Gasteiger charge is -2.15. The van der Waals surface area contributed by atoms with E-state index in [1.54, 1.807) is 26.0 Å². The van der Waals surface area contributed by atoms with Crippen molar-refractivity contribution in [3.63, 3.8) is 0 Å². The lowest BCUT2D eigenvalue weighted by molar-refractivity contribution is -0.147. The van der Waals surface area contributed by atoms with Gasteiger partial charge in [0.05, 0.1) is 17.8 Å². The van der Waals surface area contributed by atoms with Crippen LogP contribution in [0.15, 0.2) is 96.3 Å². The summed E-state index contributed by atoms with van der Waals surface area (Å²) in [4.78, 5) is 24.8. The first kappa shape index (κ1) is 25.2. The zero-order valence-electron chi connectivity index (χ0n) is 19.8. The van der Waals surface area contributed by atoms with Crippen LogP contribution in [0.4, 0.5) is 5.69 Å². The topological polar surface area (TPSA) is 101 Å². The maximum atomic E-state index is 12.4. The van der Waals surface area contributed by atoms with Gasteiger partial charge in [-0.1, -0.05) is 66.7 Å². The van der Waals surface area contributed by atoms with Gasteiger partial charge < -0.3 is 25.5 Å². The highest BCUT2D eigenvalue weighted by atomic mass is 16.5. The smallest absolute Gasteiger partial charge is 0.310 e. The Labute approximate surface area is 205 Å². The van der Waals surface area contributed by atoms with Gasteiger partial charge in [-0.2, -0.15) is 0 Å². The molecule has 35 heavy (non-hydrogen) atoms. The molecular weight excluding hydrogens is 442 g/mol. The van der Waals surface area contributed by atoms with Gasteiger partial charge in [0, 0.05) is 16.9 Å². The molecule has 0 heterocycles. The summed E-state index contributed by atoms with van der Waals surface area (Å²) in [5.74, 6) is -0.486.